The van der Waals surface area contributed by atoms with Gasteiger partial charge in [-0.2, -0.15) is 0 Å². The van der Waals surface area contributed by atoms with Gasteiger partial charge in [-0.15, -0.1) is 0 Å². The third-order valence-electron chi connectivity index (χ3n) is 8.67. The van der Waals surface area contributed by atoms with E-state index in [1.54, 1.807) is 0 Å². The highest BCUT2D eigenvalue weighted by molar-refractivity contribution is 5.73. The van der Waals surface area contributed by atoms with E-state index in [4.69, 9.17) is 4.74 Å². The number of rotatable bonds is 13. The number of carbonyl (C=O) groups excluding carboxylic acids is 1. The van der Waals surface area contributed by atoms with Crippen molar-refractivity contribution in [1.82, 2.24) is 0 Å². The van der Waals surface area contributed by atoms with Gasteiger partial charge in [0.1, 0.15) is 12.4 Å². The summed E-state index contributed by atoms with van der Waals surface area (Å²) in [6.07, 6.45) is 14.0. The number of epoxide rings is 1. The third kappa shape index (κ3) is 7.63. The largest absolute Gasteiger partial charge is 0.396 e. The van der Waals surface area contributed by atoms with Crippen LogP contribution in [-0.4, -0.2) is 40.9 Å². The molecule has 2 rings (SSSR count). The lowest BCUT2D eigenvalue weighted by Crippen LogP contribution is -2.39. The van der Waals surface area contributed by atoms with E-state index in [2.05, 4.69) is 39.8 Å². The second-order valence-electron chi connectivity index (χ2n) is 11.8. The molecular formula is C30H50O4. The summed E-state index contributed by atoms with van der Waals surface area (Å²) in [6, 6.07) is 0. The first-order valence-corrected chi connectivity index (χ1v) is 13.4. The highest BCUT2D eigenvalue weighted by atomic mass is 16.6. The van der Waals surface area contributed by atoms with Crippen LogP contribution in [-0.2, 0) is 9.53 Å². The van der Waals surface area contributed by atoms with E-state index in [0.717, 1.165) is 63.2 Å². The summed E-state index contributed by atoms with van der Waals surface area (Å²) in [4.78, 5) is 11.5. The summed E-state index contributed by atoms with van der Waals surface area (Å²) in [5.41, 5.74) is 4.84. The molecule has 1 saturated heterocycles. The van der Waals surface area contributed by atoms with E-state index in [0.29, 0.717) is 18.3 Å². The van der Waals surface area contributed by atoms with Crippen LogP contribution in [0.4, 0.5) is 0 Å². The number of ether oxygens (including phenoxy) is 1. The molecule has 0 amide bonds. The van der Waals surface area contributed by atoms with Gasteiger partial charge >= 0.3 is 0 Å². The smallest absolute Gasteiger partial charge is 0.145 e. The maximum atomic E-state index is 11.5. The number of hydrogen-bond donors (Lipinski definition) is 2. The number of aliphatic hydroxyl groups is 2. The summed E-state index contributed by atoms with van der Waals surface area (Å²) in [6.45, 7) is 15.3. The predicted octanol–water partition coefficient (Wildman–Crippen LogP) is 6.71. The van der Waals surface area contributed by atoms with Gasteiger partial charge in [0.2, 0.25) is 0 Å². The van der Waals surface area contributed by atoms with Crippen LogP contribution in [0.3, 0.4) is 0 Å². The van der Waals surface area contributed by atoms with Crippen molar-refractivity contribution in [2.24, 2.45) is 17.3 Å². The quantitative estimate of drug-likeness (QED) is 0.135. The molecule has 0 bridgehead atoms. The number of carbonyl (C=O) groups is 1. The van der Waals surface area contributed by atoms with Gasteiger partial charge in [0, 0.05) is 6.61 Å². The molecule has 0 spiro atoms. The molecular weight excluding hydrogens is 424 g/mol. The van der Waals surface area contributed by atoms with Crippen LogP contribution < -0.4 is 0 Å². The Hall–Kier alpha value is -1.23. The molecule has 0 unspecified atom stereocenters. The molecule has 0 aromatic rings. The Morgan fingerprint density at radius 1 is 1.15 bits per heavy atom. The van der Waals surface area contributed by atoms with Crippen molar-refractivity contribution in [2.45, 2.75) is 124 Å². The fourth-order valence-corrected chi connectivity index (χ4v) is 6.02. The molecule has 2 fully saturated rings. The summed E-state index contributed by atoms with van der Waals surface area (Å²) in [5, 5.41) is 19.8. The van der Waals surface area contributed by atoms with Gasteiger partial charge in [-0.25, -0.2) is 0 Å². The zero-order valence-electron chi connectivity index (χ0n) is 22.8. The molecule has 194 valence electrons. The van der Waals surface area contributed by atoms with Crippen molar-refractivity contribution in [3.63, 3.8) is 0 Å². The van der Waals surface area contributed by atoms with E-state index >= 15 is 0 Å². The Morgan fingerprint density at radius 3 is 2.38 bits per heavy atom. The van der Waals surface area contributed by atoms with Crippen molar-refractivity contribution in [3.8, 4) is 0 Å². The van der Waals surface area contributed by atoms with Crippen LogP contribution in [0.25, 0.3) is 0 Å². The molecule has 34 heavy (non-hydrogen) atoms. The van der Waals surface area contributed by atoms with Crippen LogP contribution in [0.2, 0.25) is 0 Å². The maximum Gasteiger partial charge on any atom is 0.145 e. The Labute approximate surface area is 208 Å². The first kappa shape index (κ1) is 29.0. The molecule has 2 N–H and O–H groups in total. The van der Waals surface area contributed by atoms with Crippen LogP contribution in [0, 0.1) is 17.3 Å². The molecule has 1 saturated carbocycles. The Balaban J connectivity index is 1.92. The molecule has 1 heterocycles. The fourth-order valence-electron chi connectivity index (χ4n) is 6.02. The summed E-state index contributed by atoms with van der Waals surface area (Å²) in [5.74, 6) is 0.977. The molecule has 1 aliphatic carbocycles. The summed E-state index contributed by atoms with van der Waals surface area (Å²) < 4.78 is 5.56. The topological polar surface area (TPSA) is 70.1 Å². The number of allylic oxidation sites excluding steroid dienone is 5. The number of hydrogen-bond acceptors (Lipinski definition) is 4. The highest BCUT2D eigenvalue weighted by Gasteiger charge is 2.51. The maximum absolute atomic E-state index is 11.5. The van der Waals surface area contributed by atoms with Gasteiger partial charge in [0.25, 0.3) is 0 Å². The molecule has 5 atom stereocenters. The Morgan fingerprint density at radius 2 is 1.79 bits per heavy atom. The molecule has 1 aliphatic heterocycles. The summed E-state index contributed by atoms with van der Waals surface area (Å²) in [7, 11) is 0. The molecule has 4 heteroatoms. The molecule has 0 aromatic carbocycles. The third-order valence-corrected chi connectivity index (χ3v) is 8.67. The highest BCUT2D eigenvalue weighted by Crippen LogP contribution is 2.53. The van der Waals surface area contributed by atoms with Crippen LogP contribution in [0.1, 0.15) is 106 Å². The van der Waals surface area contributed by atoms with E-state index in [1.165, 1.54) is 16.7 Å². The lowest BCUT2D eigenvalue weighted by Gasteiger charge is -2.48. The van der Waals surface area contributed by atoms with E-state index in [-0.39, 0.29) is 23.7 Å². The van der Waals surface area contributed by atoms with Crippen LogP contribution in [0.15, 0.2) is 34.4 Å². The molecule has 4 nitrogen and oxygen atoms in total. The predicted molar refractivity (Wildman–Crippen MR) is 141 cm³/mol. The average Bonchev–Trinajstić information content (AvgIpc) is 3.42. The van der Waals surface area contributed by atoms with Crippen LogP contribution >= 0.6 is 0 Å². The van der Waals surface area contributed by atoms with E-state index in [1.807, 2.05) is 20.8 Å². The standard InChI is InChI=1S/C30H50O4/c1-21(11-8-12-22(2)19-27(33)28-29(5,6)34-28)13-9-17-30(7)24(4)15-16-25(23(3)20-32)26(30)14-10-18-31/h12-13,20,24,26-28,31,33H,8-11,14-19H2,1-7H3/b21-13+,22-12+,25-23-/t24-,26-,27-,28-,30-/m1/s1. The number of aliphatic hydroxyl groups excluding tert-OH is 2. The minimum atomic E-state index is -0.415. The summed E-state index contributed by atoms with van der Waals surface area (Å²) >= 11 is 0. The van der Waals surface area contributed by atoms with E-state index < -0.39 is 6.10 Å². The van der Waals surface area contributed by atoms with Gasteiger partial charge in [-0.3, -0.25) is 4.79 Å². The normalized spacial score (nSPS) is 31.9. The second-order valence-corrected chi connectivity index (χ2v) is 11.8. The first-order valence-electron chi connectivity index (χ1n) is 13.4. The van der Waals surface area contributed by atoms with Crippen molar-refractivity contribution >= 4 is 6.29 Å². The van der Waals surface area contributed by atoms with Crippen molar-refractivity contribution < 1.29 is 19.7 Å². The minimum absolute atomic E-state index is 0.0343. The van der Waals surface area contributed by atoms with Gasteiger partial charge in [-0.05, 0) is 115 Å². The van der Waals surface area contributed by atoms with Gasteiger partial charge in [0.05, 0.1) is 11.7 Å². The fraction of sp³-hybridized carbons (Fsp3) is 0.767. The Bertz CT molecular complexity index is 775. The average molecular weight is 475 g/mol. The van der Waals surface area contributed by atoms with Crippen molar-refractivity contribution in [1.29, 1.82) is 0 Å². The zero-order chi connectivity index (χ0) is 25.5. The molecule has 0 aromatic heterocycles. The van der Waals surface area contributed by atoms with Gasteiger partial charge in [0.15, 0.2) is 0 Å². The molecule has 0 radical (unpaired) electrons. The van der Waals surface area contributed by atoms with Crippen LogP contribution in [0.5, 0.6) is 0 Å². The minimum Gasteiger partial charge on any atom is -0.396 e. The second kappa shape index (κ2) is 12.6. The zero-order valence-corrected chi connectivity index (χ0v) is 22.8. The van der Waals surface area contributed by atoms with Crippen molar-refractivity contribution in [3.05, 3.63) is 34.4 Å². The SMILES string of the molecule is C/C(C=O)=C1\CC[C@@H](C)[C@@](C)(CC/C=C(\C)CC/C=C(\C)C[C@@H](O)[C@H]2OC2(C)C)[C@@H]1CCCO. The lowest BCUT2D eigenvalue weighted by atomic mass is 9.56. The van der Waals surface area contributed by atoms with E-state index in [9.17, 15) is 15.0 Å². The first-order chi connectivity index (χ1) is 16.0. The monoisotopic (exact) mass is 474 g/mol. The van der Waals surface area contributed by atoms with Gasteiger partial charge < -0.3 is 14.9 Å². The Kier molecular flexibility index (Phi) is 10.8. The lowest BCUT2D eigenvalue weighted by molar-refractivity contribution is -0.105. The van der Waals surface area contributed by atoms with Gasteiger partial charge in [-0.1, -0.05) is 42.7 Å². The molecule has 2 aliphatic rings. The number of aldehydes is 1. The van der Waals surface area contributed by atoms with Crippen molar-refractivity contribution in [2.75, 3.05) is 6.61 Å².